The van der Waals surface area contributed by atoms with E-state index in [0.717, 1.165) is 0 Å². The van der Waals surface area contributed by atoms with E-state index in [2.05, 4.69) is 15.5 Å². The molecule has 14 heavy (non-hydrogen) atoms. The number of carbonyl (C=O) groups is 2. The minimum atomic E-state index is -0.532. The number of methoxy groups -OCH3 is 2. The standard InChI is InChI=1S/C10H9O4/c1-13-9(11)7-4-3-5-8(6-7)10(12)14-2/h3-5H,1-2H3. The topological polar surface area (TPSA) is 52.6 Å². The second-order valence-electron chi connectivity index (χ2n) is 2.46. The maximum Gasteiger partial charge on any atom is 0.338 e. The van der Waals surface area contributed by atoms with Crippen LogP contribution < -0.4 is 0 Å². The van der Waals surface area contributed by atoms with Crippen LogP contribution in [0.3, 0.4) is 0 Å². The van der Waals surface area contributed by atoms with Gasteiger partial charge in [-0.15, -0.1) is 0 Å². The Morgan fingerprint density at radius 2 is 1.50 bits per heavy atom. The van der Waals surface area contributed by atoms with Crippen molar-refractivity contribution in [1.82, 2.24) is 0 Å². The summed E-state index contributed by atoms with van der Waals surface area (Å²) in [6.45, 7) is 0. The monoisotopic (exact) mass is 193 g/mol. The Labute approximate surface area is 81.4 Å². The zero-order valence-electron chi connectivity index (χ0n) is 7.87. The number of esters is 2. The predicted molar refractivity (Wildman–Crippen MR) is 48.0 cm³/mol. The van der Waals surface area contributed by atoms with Crippen molar-refractivity contribution in [2.75, 3.05) is 14.2 Å². The third-order valence-electron chi connectivity index (χ3n) is 1.61. The molecule has 4 heteroatoms. The van der Waals surface area contributed by atoms with E-state index in [4.69, 9.17) is 0 Å². The van der Waals surface area contributed by atoms with Gasteiger partial charge in [-0.3, -0.25) is 0 Å². The van der Waals surface area contributed by atoms with Gasteiger partial charge in [0.1, 0.15) is 0 Å². The highest BCUT2D eigenvalue weighted by atomic mass is 16.5. The van der Waals surface area contributed by atoms with Gasteiger partial charge in [-0.1, -0.05) is 6.07 Å². The average molecular weight is 193 g/mol. The van der Waals surface area contributed by atoms with Gasteiger partial charge in [0, 0.05) is 6.07 Å². The molecule has 4 nitrogen and oxygen atoms in total. The fraction of sp³-hybridized carbons (Fsp3) is 0.200. The van der Waals surface area contributed by atoms with Gasteiger partial charge in [0.25, 0.3) is 0 Å². The summed E-state index contributed by atoms with van der Waals surface area (Å²) in [7, 11) is 2.53. The molecule has 0 saturated carbocycles. The van der Waals surface area contributed by atoms with Gasteiger partial charge in [0.15, 0.2) is 0 Å². The van der Waals surface area contributed by atoms with Crippen molar-refractivity contribution in [3.05, 3.63) is 35.4 Å². The van der Waals surface area contributed by atoms with Crippen LogP contribution in [0.25, 0.3) is 0 Å². The maximum atomic E-state index is 11.1. The molecule has 1 aromatic rings. The molecular formula is C10H9O4. The number of rotatable bonds is 2. The van der Waals surface area contributed by atoms with Crippen molar-refractivity contribution < 1.29 is 19.1 Å². The molecule has 0 aromatic heterocycles. The van der Waals surface area contributed by atoms with Crippen LogP contribution >= 0.6 is 0 Å². The second kappa shape index (κ2) is 4.41. The van der Waals surface area contributed by atoms with Crippen LogP contribution in [0.2, 0.25) is 0 Å². The van der Waals surface area contributed by atoms with Crippen LogP contribution in [-0.4, -0.2) is 26.2 Å². The Morgan fingerprint density at radius 3 is 1.86 bits per heavy atom. The van der Waals surface area contributed by atoms with Gasteiger partial charge in [0.05, 0.1) is 25.3 Å². The third-order valence-corrected chi connectivity index (χ3v) is 1.61. The Kier molecular flexibility index (Phi) is 3.23. The first-order chi connectivity index (χ1) is 6.69. The largest absolute Gasteiger partial charge is 0.465 e. The molecule has 0 aliphatic carbocycles. The highest BCUT2D eigenvalue weighted by Gasteiger charge is 2.10. The number of ether oxygens (including phenoxy) is 2. The van der Waals surface area contributed by atoms with E-state index in [1.165, 1.54) is 26.4 Å². The normalized spacial score (nSPS) is 9.29. The van der Waals surface area contributed by atoms with Gasteiger partial charge in [0.2, 0.25) is 0 Å². The zero-order chi connectivity index (χ0) is 10.6. The average Bonchev–Trinajstić information content (AvgIpc) is 2.27. The maximum absolute atomic E-state index is 11.1. The minimum Gasteiger partial charge on any atom is -0.465 e. The molecule has 1 rings (SSSR count). The lowest BCUT2D eigenvalue weighted by molar-refractivity contribution is 0.0598. The molecule has 0 spiro atoms. The molecule has 0 unspecified atom stereocenters. The predicted octanol–water partition coefficient (Wildman–Crippen LogP) is 1.06. The van der Waals surface area contributed by atoms with Crippen molar-refractivity contribution in [2.45, 2.75) is 0 Å². The van der Waals surface area contributed by atoms with Gasteiger partial charge in [-0.05, 0) is 12.1 Å². The molecule has 73 valence electrons. The van der Waals surface area contributed by atoms with E-state index in [1.807, 2.05) is 0 Å². The summed E-state index contributed by atoms with van der Waals surface area (Å²) in [6.07, 6.45) is 0. The summed E-state index contributed by atoms with van der Waals surface area (Å²) in [5.41, 5.74) is 0.408. The molecule has 0 bridgehead atoms. The number of carbonyl (C=O) groups excluding carboxylic acids is 2. The highest BCUT2D eigenvalue weighted by molar-refractivity contribution is 5.94. The van der Waals surface area contributed by atoms with Gasteiger partial charge in [-0.2, -0.15) is 0 Å². The van der Waals surface area contributed by atoms with Crippen LogP contribution in [0, 0.1) is 6.07 Å². The molecule has 1 aromatic carbocycles. The lowest BCUT2D eigenvalue weighted by atomic mass is 10.1. The number of hydrogen-bond donors (Lipinski definition) is 0. The van der Waals surface area contributed by atoms with Crippen LogP contribution in [0.4, 0.5) is 0 Å². The molecule has 0 aliphatic rings. The highest BCUT2D eigenvalue weighted by Crippen LogP contribution is 2.06. The lowest BCUT2D eigenvalue weighted by Gasteiger charge is -2.01. The van der Waals surface area contributed by atoms with Crippen molar-refractivity contribution in [2.24, 2.45) is 0 Å². The van der Waals surface area contributed by atoms with Crippen LogP contribution in [0.15, 0.2) is 18.2 Å². The second-order valence-corrected chi connectivity index (χ2v) is 2.46. The summed E-state index contributed by atoms with van der Waals surface area (Å²) in [5.74, 6) is -1.06. The smallest absolute Gasteiger partial charge is 0.338 e. The molecule has 0 N–H and O–H groups in total. The lowest BCUT2D eigenvalue weighted by Crippen LogP contribution is -2.06. The van der Waals surface area contributed by atoms with Crippen LogP contribution in [0.5, 0.6) is 0 Å². The molecule has 0 fully saturated rings. The Morgan fingerprint density at radius 1 is 1.07 bits per heavy atom. The van der Waals surface area contributed by atoms with E-state index in [9.17, 15) is 9.59 Å². The summed E-state index contributed by atoms with van der Waals surface area (Å²) in [5, 5.41) is 0. The fourth-order valence-corrected chi connectivity index (χ4v) is 0.927. The van der Waals surface area contributed by atoms with Crippen molar-refractivity contribution >= 4 is 11.9 Å². The first-order valence-electron chi connectivity index (χ1n) is 3.88. The Balaban J connectivity index is 3.01. The van der Waals surface area contributed by atoms with Crippen LogP contribution in [0.1, 0.15) is 20.7 Å². The summed E-state index contributed by atoms with van der Waals surface area (Å²) < 4.78 is 8.96. The third kappa shape index (κ3) is 2.10. The first-order valence-corrected chi connectivity index (χ1v) is 3.88. The van der Waals surface area contributed by atoms with E-state index >= 15 is 0 Å². The zero-order valence-corrected chi connectivity index (χ0v) is 7.87. The molecule has 0 saturated heterocycles. The Hall–Kier alpha value is -1.84. The minimum absolute atomic E-state index is 0.204. The van der Waals surface area contributed by atoms with Crippen molar-refractivity contribution in [1.29, 1.82) is 0 Å². The van der Waals surface area contributed by atoms with Crippen molar-refractivity contribution in [3.8, 4) is 0 Å². The number of hydrogen-bond acceptors (Lipinski definition) is 4. The molecule has 1 radical (unpaired) electrons. The van der Waals surface area contributed by atoms with E-state index in [0.29, 0.717) is 0 Å². The van der Waals surface area contributed by atoms with E-state index in [1.54, 1.807) is 6.07 Å². The molecule has 0 aliphatic heterocycles. The summed E-state index contributed by atoms with van der Waals surface area (Å²) in [4.78, 5) is 22.1. The van der Waals surface area contributed by atoms with E-state index < -0.39 is 11.9 Å². The van der Waals surface area contributed by atoms with Gasteiger partial charge in [-0.25, -0.2) is 9.59 Å². The first kappa shape index (κ1) is 10.2. The quantitative estimate of drug-likeness (QED) is 0.659. The van der Waals surface area contributed by atoms with Crippen molar-refractivity contribution in [3.63, 3.8) is 0 Å². The SMILES string of the molecule is COC(=O)c1[c]c(C(=O)OC)ccc1. The summed E-state index contributed by atoms with van der Waals surface area (Å²) in [6, 6.07) is 7.19. The number of benzene rings is 1. The molecule has 0 heterocycles. The fourth-order valence-electron chi connectivity index (χ4n) is 0.927. The molecular weight excluding hydrogens is 184 g/mol. The van der Waals surface area contributed by atoms with Gasteiger partial charge < -0.3 is 9.47 Å². The Bertz CT molecular complexity index is 326. The molecule has 0 amide bonds. The van der Waals surface area contributed by atoms with E-state index in [-0.39, 0.29) is 11.1 Å². The van der Waals surface area contributed by atoms with Gasteiger partial charge >= 0.3 is 11.9 Å². The summed E-state index contributed by atoms with van der Waals surface area (Å²) >= 11 is 0. The van der Waals surface area contributed by atoms with Crippen LogP contribution in [-0.2, 0) is 9.47 Å². The molecule has 0 atom stereocenters.